The van der Waals surface area contributed by atoms with E-state index in [9.17, 15) is 4.79 Å². The maximum absolute atomic E-state index is 12.8. The van der Waals surface area contributed by atoms with Crippen molar-refractivity contribution >= 4 is 22.6 Å². The lowest BCUT2D eigenvalue weighted by molar-refractivity contribution is -0.133. The van der Waals surface area contributed by atoms with Gasteiger partial charge in [-0.05, 0) is 56.5 Å². The van der Waals surface area contributed by atoms with Crippen LogP contribution in [0.5, 0.6) is 11.5 Å². The average molecular weight is 435 g/mol. The fourth-order valence-corrected chi connectivity index (χ4v) is 4.76. The Kier molecular flexibility index (Phi) is 5.93. The fourth-order valence-electron chi connectivity index (χ4n) is 4.76. The molecule has 2 aliphatic rings. The van der Waals surface area contributed by atoms with Gasteiger partial charge in [0, 0.05) is 43.5 Å². The van der Waals surface area contributed by atoms with E-state index in [4.69, 9.17) is 13.9 Å². The molecule has 6 nitrogen and oxygen atoms in total. The molecule has 0 saturated carbocycles. The summed E-state index contributed by atoms with van der Waals surface area (Å²) in [7, 11) is 0. The van der Waals surface area contributed by atoms with Gasteiger partial charge in [0.15, 0.2) is 6.61 Å². The molecule has 1 amide bonds. The Morgan fingerprint density at radius 2 is 1.81 bits per heavy atom. The molecule has 5 rings (SSSR count). The second-order valence-corrected chi connectivity index (χ2v) is 8.43. The third-order valence-electron chi connectivity index (χ3n) is 6.43. The minimum atomic E-state index is 0.0251. The molecule has 32 heavy (non-hydrogen) atoms. The van der Waals surface area contributed by atoms with E-state index in [2.05, 4.69) is 11.0 Å². The van der Waals surface area contributed by atoms with Gasteiger partial charge >= 0.3 is 0 Å². The van der Waals surface area contributed by atoms with E-state index < -0.39 is 0 Å². The molecule has 0 radical (unpaired) electrons. The summed E-state index contributed by atoms with van der Waals surface area (Å²) in [5, 5.41) is 1.13. The Hall–Kier alpha value is -3.15. The van der Waals surface area contributed by atoms with E-state index >= 15 is 0 Å². The van der Waals surface area contributed by atoms with Crippen molar-refractivity contribution < 1.29 is 18.7 Å². The number of para-hydroxylation sites is 2. The number of anilines is 1. The number of amides is 1. The van der Waals surface area contributed by atoms with E-state index in [-0.39, 0.29) is 12.5 Å². The van der Waals surface area contributed by atoms with Crippen LogP contribution >= 0.6 is 0 Å². The Balaban J connectivity index is 1.18. The number of furan rings is 1. The van der Waals surface area contributed by atoms with Crippen LogP contribution in [0.4, 0.5) is 5.69 Å². The monoisotopic (exact) mass is 434 g/mol. The van der Waals surface area contributed by atoms with E-state index in [1.165, 1.54) is 18.4 Å². The number of ether oxygens (including phenoxy) is 2. The van der Waals surface area contributed by atoms with Crippen molar-refractivity contribution in [2.75, 3.05) is 44.3 Å². The highest BCUT2D eigenvalue weighted by Gasteiger charge is 2.23. The molecule has 0 N–H and O–H groups in total. The molecule has 1 saturated heterocycles. The summed E-state index contributed by atoms with van der Waals surface area (Å²) in [6.45, 7) is 5.60. The molecule has 1 fully saturated rings. The van der Waals surface area contributed by atoms with E-state index in [1.54, 1.807) is 0 Å². The summed E-state index contributed by atoms with van der Waals surface area (Å²) in [5.41, 5.74) is 3.32. The zero-order valence-corrected chi connectivity index (χ0v) is 18.6. The molecular weight excluding hydrogens is 404 g/mol. The molecule has 2 aromatic carbocycles. The van der Waals surface area contributed by atoms with Gasteiger partial charge in [-0.15, -0.1) is 0 Å². The normalized spacial score (nSPS) is 16.2. The van der Waals surface area contributed by atoms with E-state index in [1.807, 2.05) is 48.2 Å². The Labute approximate surface area is 188 Å². The fraction of sp³-hybridized carbons (Fsp3) is 0.423. The number of rotatable bonds is 6. The van der Waals surface area contributed by atoms with Gasteiger partial charge in [-0.3, -0.25) is 4.79 Å². The molecule has 168 valence electrons. The average Bonchev–Trinajstić information content (AvgIpc) is 3.21. The molecule has 1 aromatic heterocycles. The second-order valence-electron chi connectivity index (χ2n) is 8.43. The minimum Gasteiger partial charge on any atom is -0.492 e. The smallest absolute Gasteiger partial charge is 0.260 e. The SMILES string of the molecule is CCOc1ccccc1N1CCN(C(=O)COc2ccc3oc4c(c3c2)CCCC4)CC1. The zero-order chi connectivity index (χ0) is 21.9. The van der Waals surface area contributed by atoms with Gasteiger partial charge in [0.25, 0.3) is 5.91 Å². The lowest BCUT2D eigenvalue weighted by Gasteiger charge is -2.36. The number of carbonyl (C=O) groups excluding carboxylic acids is 1. The number of aryl methyl sites for hydroxylation is 2. The van der Waals surface area contributed by atoms with E-state index in [0.717, 1.165) is 59.8 Å². The topological polar surface area (TPSA) is 55.2 Å². The van der Waals surface area contributed by atoms with Crippen LogP contribution in [-0.4, -0.2) is 50.2 Å². The summed E-state index contributed by atoms with van der Waals surface area (Å²) in [6.07, 6.45) is 4.46. The summed E-state index contributed by atoms with van der Waals surface area (Å²) in [4.78, 5) is 16.9. The summed E-state index contributed by atoms with van der Waals surface area (Å²) in [6, 6.07) is 14.0. The standard InChI is InChI=1S/C26H30N2O4/c1-2-30-25-10-6-4-8-22(25)27-13-15-28(16-14-27)26(29)18-31-19-11-12-24-21(17-19)20-7-3-5-9-23(20)32-24/h4,6,8,10-12,17H,2-3,5,7,9,13-16,18H2,1H3. The number of nitrogens with zero attached hydrogens (tertiary/aromatic N) is 2. The van der Waals surface area contributed by atoms with E-state index in [0.29, 0.717) is 19.7 Å². The van der Waals surface area contributed by atoms with Gasteiger partial charge in [-0.2, -0.15) is 0 Å². The highest BCUT2D eigenvalue weighted by molar-refractivity contribution is 5.84. The van der Waals surface area contributed by atoms with Gasteiger partial charge in [0.1, 0.15) is 22.8 Å². The summed E-state index contributed by atoms with van der Waals surface area (Å²) < 4.78 is 17.6. The highest BCUT2D eigenvalue weighted by Crippen LogP contribution is 2.34. The van der Waals surface area contributed by atoms with Crippen molar-refractivity contribution in [3.63, 3.8) is 0 Å². The number of fused-ring (bicyclic) bond motifs is 3. The first-order valence-corrected chi connectivity index (χ1v) is 11.6. The highest BCUT2D eigenvalue weighted by atomic mass is 16.5. The van der Waals surface area contributed by atoms with Crippen LogP contribution in [0, 0.1) is 0 Å². The first-order valence-electron chi connectivity index (χ1n) is 11.6. The quantitative estimate of drug-likeness (QED) is 0.574. The van der Waals surface area contributed by atoms with Gasteiger partial charge in [-0.25, -0.2) is 0 Å². The van der Waals surface area contributed by atoms with Crippen molar-refractivity contribution in [2.45, 2.75) is 32.6 Å². The maximum Gasteiger partial charge on any atom is 0.260 e. The molecule has 6 heteroatoms. The minimum absolute atomic E-state index is 0.0251. The molecule has 1 aliphatic heterocycles. The third kappa shape index (κ3) is 4.14. The van der Waals surface area contributed by atoms with Gasteiger partial charge < -0.3 is 23.7 Å². The Morgan fingerprint density at radius 3 is 2.66 bits per heavy atom. The molecule has 1 aliphatic carbocycles. The lowest BCUT2D eigenvalue weighted by atomic mass is 9.96. The van der Waals surface area contributed by atoms with Gasteiger partial charge in [0.05, 0.1) is 12.3 Å². The summed E-state index contributed by atoms with van der Waals surface area (Å²) >= 11 is 0. The van der Waals surface area contributed by atoms with Crippen LogP contribution in [0.15, 0.2) is 46.9 Å². The van der Waals surface area contributed by atoms with Gasteiger partial charge in [-0.1, -0.05) is 12.1 Å². The van der Waals surface area contributed by atoms with Crippen LogP contribution in [0.1, 0.15) is 31.1 Å². The van der Waals surface area contributed by atoms with Crippen molar-refractivity contribution in [1.29, 1.82) is 0 Å². The van der Waals surface area contributed by atoms with Gasteiger partial charge in [0.2, 0.25) is 0 Å². The zero-order valence-electron chi connectivity index (χ0n) is 18.6. The first-order chi connectivity index (χ1) is 15.7. The molecule has 3 aromatic rings. The van der Waals surface area contributed by atoms with Crippen molar-refractivity contribution in [1.82, 2.24) is 4.90 Å². The number of carbonyl (C=O) groups is 1. The first kappa shape index (κ1) is 20.7. The van der Waals surface area contributed by atoms with Crippen molar-refractivity contribution in [3.8, 4) is 11.5 Å². The van der Waals surface area contributed by atoms with Crippen LogP contribution < -0.4 is 14.4 Å². The molecule has 2 heterocycles. The molecule has 0 atom stereocenters. The molecule has 0 spiro atoms. The largest absolute Gasteiger partial charge is 0.492 e. The molecular formula is C26H30N2O4. The number of piperazine rings is 1. The maximum atomic E-state index is 12.8. The summed E-state index contributed by atoms with van der Waals surface area (Å²) in [5.74, 6) is 2.76. The van der Waals surface area contributed by atoms with Crippen LogP contribution in [0.2, 0.25) is 0 Å². The number of hydrogen-bond acceptors (Lipinski definition) is 5. The second kappa shape index (κ2) is 9.15. The van der Waals surface area contributed by atoms with Crippen molar-refractivity contribution in [2.24, 2.45) is 0 Å². The van der Waals surface area contributed by atoms with Crippen molar-refractivity contribution in [3.05, 3.63) is 53.8 Å². The van der Waals surface area contributed by atoms with Crippen LogP contribution in [-0.2, 0) is 17.6 Å². The predicted octanol–water partition coefficient (Wildman–Crippen LogP) is 4.44. The molecule has 0 unspecified atom stereocenters. The molecule has 0 bridgehead atoms. The lowest BCUT2D eigenvalue weighted by Crippen LogP contribution is -2.50. The predicted molar refractivity (Wildman–Crippen MR) is 125 cm³/mol. The Bertz CT molecular complexity index is 1100. The van der Waals surface area contributed by atoms with Crippen LogP contribution in [0.3, 0.4) is 0 Å². The Morgan fingerprint density at radius 1 is 1.00 bits per heavy atom. The van der Waals surface area contributed by atoms with Crippen LogP contribution in [0.25, 0.3) is 11.0 Å². The number of hydrogen-bond donors (Lipinski definition) is 0. The third-order valence-corrected chi connectivity index (χ3v) is 6.43. The number of benzene rings is 2.